The van der Waals surface area contributed by atoms with E-state index in [1.54, 1.807) is 17.1 Å². The molecule has 1 atom stereocenters. The minimum Gasteiger partial charge on any atom is -0.307 e. The van der Waals surface area contributed by atoms with Crippen LogP contribution in [0.2, 0.25) is 0 Å². The van der Waals surface area contributed by atoms with Crippen LogP contribution in [-0.4, -0.2) is 25.9 Å². The fourth-order valence-electron chi connectivity index (χ4n) is 1.91. The van der Waals surface area contributed by atoms with E-state index in [9.17, 15) is 4.79 Å². The average Bonchev–Trinajstić information content (AvgIpc) is 2.79. The zero-order chi connectivity index (χ0) is 16.3. The number of nitrogens with one attached hydrogen (secondary N) is 1. The third kappa shape index (κ3) is 3.69. The lowest BCUT2D eigenvalue weighted by atomic mass is 9.81. The van der Waals surface area contributed by atoms with Crippen LogP contribution in [0.15, 0.2) is 24.5 Å². The Morgan fingerprint density at radius 2 is 1.95 bits per heavy atom. The number of carbonyl (C=O) groups excluding carboxylic acids is 1. The van der Waals surface area contributed by atoms with Crippen molar-refractivity contribution >= 4 is 11.7 Å². The van der Waals surface area contributed by atoms with E-state index in [1.807, 2.05) is 46.8 Å². The molecule has 0 saturated carbocycles. The van der Waals surface area contributed by atoms with Crippen LogP contribution in [0.25, 0.3) is 0 Å². The number of nitrogens with zero attached hydrogens (tertiary/aromatic N) is 4. The predicted octanol–water partition coefficient (Wildman–Crippen LogP) is 2.65. The maximum absolute atomic E-state index is 12.3. The van der Waals surface area contributed by atoms with Crippen molar-refractivity contribution in [1.29, 1.82) is 0 Å². The van der Waals surface area contributed by atoms with E-state index in [1.165, 1.54) is 0 Å². The zero-order valence-corrected chi connectivity index (χ0v) is 13.8. The number of amides is 1. The van der Waals surface area contributed by atoms with E-state index in [4.69, 9.17) is 0 Å². The van der Waals surface area contributed by atoms with Gasteiger partial charge < -0.3 is 5.32 Å². The first-order chi connectivity index (χ1) is 10.3. The molecule has 1 amide bonds. The van der Waals surface area contributed by atoms with Crippen LogP contribution in [0.3, 0.4) is 0 Å². The van der Waals surface area contributed by atoms with Gasteiger partial charge in [-0.05, 0) is 30.0 Å². The summed E-state index contributed by atoms with van der Waals surface area (Å²) in [5, 5.41) is 11.1. The number of hydrogen-bond donors (Lipinski definition) is 1. The van der Waals surface area contributed by atoms with Crippen LogP contribution in [-0.2, 0) is 11.3 Å². The summed E-state index contributed by atoms with van der Waals surface area (Å²) in [7, 11) is 0. The van der Waals surface area contributed by atoms with Crippen molar-refractivity contribution in [2.24, 2.45) is 11.3 Å². The van der Waals surface area contributed by atoms with Gasteiger partial charge in [-0.3, -0.25) is 9.78 Å². The minimum atomic E-state index is -0.114. The Hall–Kier alpha value is -2.24. The lowest BCUT2D eigenvalue weighted by Gasteiger charge is -2.25. The van der Waals surface area contributed by atoms with Gasteiger partial charge >= 0.3 is 0 Å². The van der Waals surface area contributed by atoms with Gasteiger partial charge in [0.25, 0.3) is 0 Å². The number of hydrogen-bond acceptors (Lipinski definition) is 4. The number of pyridine rings is 1. The topological polar surface area (TPSA) is 72.7 Å². The summed E-state index contributed by atoms with van der Waals surface area (Å²) >= 11 is 0. The number of carbonyl (C=O) groups is 1. The van der Waals surface area contributed by atoms with Gasteiger partial charge in [0.05, 0.1) is 12.2 Å². The van der Waals surface area contributed by atoms with Gasteiger partial charge in [0, 0.05) is 18.3 Å². The fourth-order valence-corrected chi connectivity index (χ4v) is 1.91. The summed E-state index contributed by atoms with van der Waals surface area (Å²) in [4.78, 5) is 16.3. The maximum atomic E-state index is 12.3. The van der Waals surface area contributed by atoms with Gasteiger partial charge in [-0.15, -0.1) is 5.10 Å². The smallest absolute Gasteiger partial charge is 0.228 e. The molecule has 2 aromatic rings. The van der Waals surface area contributed by atoms with Gasteiger partial charge in [-0.25, -0.2) is 4.68 Å². The number of anilines is 1. The molecule has 1 N–H and O–H groups in total. The monoisotopic (exact) mass is 301 g/mol. The van der Waals surface area contributed by atoms with Gasteiger partial charge in [0.1, 0.15) is 0 Å². The summed E-state index contributed by atoms with van der Waals surface area (Å²) in [6.45, 7) is 10.6. The highest BCUT2D eigenvalue weighted by Gasteiger charge is 2.27. The van der Waals surface area contributed by atoms with Gasteiger partial charge in [-0.1, -0.05) is 32.9 Å². The Labute approximate surface area is 130 Å². The molecule has 2 rings (SSSR count). The van der Waals surface area contributed by atoms with Crippen LogP contribution in [0.5, 0.6) is 0 Å². The largest absolute Gasteiger partial charge is 0.307 e. The van der Waals surface area contributed by atoms with E-state index in [-0.39, 0.29) is 17.2 Å². The van der Waals surface area contributed by atoms with Crippen molar-refractivity contribution in [2.75, 3.05) is 5.32 Å². The molecule has 0 bridgehead atoms. The first-order valence-electron chi connectivity index (χ1n) is 7.39. The molecule has 0 aromatic carbocycles. The van der Waals surface area contributed by atoms with Gasteiger partial charge in [-0.2, -0.15) is 0 Å². The zero-order valence-electron chi connectivity index (χ0n) is 13.8. The molecule has 0 aliphatic heterocycles. The van der Waals surface area contributed by atoms with Crippen molar-refractivity contribution < 1.29 is 4.79 Å². The van der Waals surface area contributed by atoms with Crippen LogP contribution >= 0.6 is 0 Å². The molecule has 2 aromatic heterocycles. The first-order valence-corrected chi connectivity index (χ1v) is 7.39. The quantitative estimate of drug-likeness (QED) is 0.942. The molecule has 22 heavy (non-hydrogen) atoms. The average molecular weight is 301 g/mol. The Morgan fingerprint density at radius 3 is 2.55 bits per heavy atom. The summed E-state index contributed by atoms with van der Waals surface area (Å²) in [6, 6.07) is 3.86. The van der Waals surface area contributed by atoms with Crippen molar-refractivity contribution in [3.8, 4) is 0 Å². The minimum absolute atomic E-state index is 0.0356. The van der Waals surface area contributed by atoms with Crippen molar-refractivity contribution in [3.05, 3.63) is 35.8 Å². The lowest BCUT2D eigenvalue weighted by Crippen LogP contribution is -2.31. The third-order valence-electron chi connectivity index (χ3n) is 4.00. The van der Waals surface area contributed by atoms with Gasteiger partial charge in [0.2, 0.25) is 5.91 Å². The molecule has 6 nitrogen and oxygen atoms in total. The molecule has 2 heterocycles. The molecule has 0 saturated heterocycles. The van der Waals surface area contributed by atoms with E-state index in [2.05, 4.69) is 20.6 Å². The molecule has 0 radical (unpaired) electrons. The molecular formula is C16H23N5O. The van der Waals surface area contributed by atoms with E-state index in [0.717, 1.165) is 11.3 Å². The maximum Gasteiger partial charge on any atom is 0.228 e. The van der Waals surface area contributed by atoms with Crippen LogP contribution in [0.1, 0.15) is 39.0 Å². The molecule has 0 spiro atoms. The number of rotatable bonds is 4. The second-order valence-corrected chi connectivity index (χ2v) is 6.61. The van der Waals surface area contributed by atoms with Crippen molar-refractivity contribution in [3.63, 3.8) is 0 Å². The molecule has 0 fully saturated rings. The second kappa shape index (κ2) is 6.25. The fraction of sp³-hybridized carbons (Fsp3) is 0.500. The van der Waals surface area contributed by atoms with Crippen molar-refractivity contribution in [2.45, 2.75) is 41.2 Å². The molecule has 0 unspecified atom stereocenters. The highest BCUT2D eigenvalue weighted by atomic mass is 16.2. The summed E-state index contributed by atoms with van der Waals surface area (Å²) in [5.74, 6) is 0.374. The van der Waals surface area contributed by atoms with Crippen LogP contribution < -0.4 is 5.32 Å². The predicted molar refractivity (Wildman–Crippen MR) is 85.3 cm³/mol. The Bertz CT molecular complexity index is 642. The van der Waals surface area contributed by atoms with E-state index < -0.39 is 0 Å². The highest BCUT2D eigenvalue weighted by Crippen LogP contribution is 2.26. The van der Waals surface area contributed by atoms with Crippen LogP contribution in [0, 0.1) is 18.3 Å². The normalized spacial score (nSPS) is 13.0. The third-order valence-corrected chi connectivity index (χ3v) is 4.00. The van der Waals surface area contributed by atoms with Crippen LogP contribution in [0.4, 0.5) is 5.82 Å². The Balaban J connectivity index is 2.10. The Morgan fingerprint density at radius 1 is 1.32 bits per heavy atom. The van der Waals surface area contributed by atoms with Crippen molar-refractivity contribution in [1.82, 2.24) is 20.0 Å². The Kier molecular flexibility index (Phi) is 4.59. The van der Waals surface area contributed by atoms with E-state index in [0.29, 0.717) is 12.4 Å². The van der Waals surface area contributed by atoms with E-state index >= 15 is 0 Å². The van der Waals surface area contributed by atoms with Gasteiger partial charge in [0.15, 0.2) is 5.82 Å². The lowest BCUT2D eigenvalue weighted by molar-refractivity contribution is -0.122. The highest BCUT2D eigenvalue weighted by molar-refractivity contribution is 5.92. The summed E-state index contributed by atoms with van der Waals surface area (Å²) in [5.41, 5.74) is 1.83. The summed E-state index contributed by atoms with van der Waals surface area (Å²) in [6.07, 6.45) is 3.49. The molecule has 118 valence electrons. The molecule has 6 heteroatoms. The molecule has 0 aliphatic carbocycles. The first kappa shape index (κ1) is 16.1. The standard InChI is InChI=1S/C16H23N5O/c1-11(16(3,4)5)15(22)18-14-12(2)21(20-19-14)10-13-6-8-17-9-7-13/h6-9,11H,10H2,1-5H3,(H,18,22)/t11-/m1/s1. The SMILES string of the molecule is Cc1c(NC(=O)[C@@H](C)C(C)(C)C)nnn1Cc1ccncc1. The number of aromatic nitrogens is 4. The molecular weight excluding hydrogens is 278 g/mol. The second-order valence-electron chi connectivity index (χ2n) is 6.61. The summed E-state index contributed by atoms with van der Waals surface area (Å²) < 4.78 is 1.77. The molecule has 0 aliphatic rings.